The maximum Gasteiger partial charge on any atom is 0.244 e. The molecule has 4 heteroatoms. The first-order valence-corrected chi connectivity index (χ1v) is 7.63. The molecule has 2 rings (SSSR count). The van der Waals surface area contributed by atoms with Gasteiger partial charge in [-0.05, 0) is 56.3 Å². The van der Waals surface area contributed by atoms with Crippen molar-refractivity contribution in [2.75, 3.05) is 18.1 Å². The van der Waals surface area contributed by atoms with Gasteiger partial charge in [-0.3, -0.25) is 4.79 Å². The van der Waals surface area contributed by atoms with Crippen LogP contribution in [0.1, 0.15) is 26.2 Å². The number of benzene rings is 1. The molecule has 3 nitrogen and oxygen atoms in total. The number of nitrogens with one attached hydrogen (secondary N) is 2. The number of rotatable bonds is 4. The Morgan fingerprint density at radius 2 is 2.17 bits per heavy atom. The van der Waals surface area contributed by atoms with Crippen molar-refractivity contribution in [1.29, 1.82) is 0 Å². The highest BCUT2D eigenvalue weighted by atomic mass is 32.2. The molecule has 98 valence electrons. The van der Waals surface area contributed by atoms with Crippen LogP contribution in [0.5, 0.6) is 0 Å². The molecule has 0 bridgehead atoms. The third kappa shape index (κ3) is 2.70. The molecule has 1 aromatic carbocycles. The van der Waals surface area contributed by atoms with Gasteiger partial charge in [-0.15, -0.1) is 11.8 Å². The Hall–Kier alpha value is -1.00. The maximum absolute atomic E-state index is 12.3. The Morgan fingerprint density at radius 1 is 1.44 bits per heavy atom. The second kappa shape index (κ2) is 5.76. The van der Waals surface area contributed by atoms with Crippen LogP contribution in [0, 0.1) is 0 Å². The highest BCUT2D eigenvalue weighted by Crippen LogP contribution is 2.25. The van der Waals surface area contributed by atoms with Crippen molar-refractivity contribution in [3.8, 4) is 0 Å². The van der Waals surface area contributed by atoms with Crippen molar-refractivity contribution >= 4 is 23.4 Å². The van der Waals surface area contributed by atoms with Gasteiger partial charge < -0.3 is 10.6 Å². The smallest absolute Gasteiger partial charge is 0.244 e. The summed E-state index contributed by atoms with van der Waals surface area (Å²) in [5.74, 6) is 0.0967. The van der Waals surface area contributed by atoms with E-state index in [2.05, 4.69) is 17.6 Å². The molecule has 1 amide bonds. The molecule has 0 saturated carbocycles. The van der Waals surface area contributed by atoms with Gasteiger partial charge in [0.25, 0.3) is 0 Å². The number of anilines is 1. The fraction of sp³-hybridized carbons (Fsp3) is 0.500. The van der Waals surface area contributed by atoms with Crippen molar-refractivity contribution in [2.45, 2.75) is 36.6 Å². The van der Waals surface area contributed by atoms with Gasteiger partial charge in [0.2, 0.25) is 5.91 Å². The van der Waals surface area contributed by atoms with Crippen LogP contribution in [0.4, 0.5) is 5.69 Å². The summed E-state index contributed by atoms with van der Waals surface area (Å²) in [7, 11) is 0. The van der Waals surface area contributed by atoms with E-state index in [-0.39, 0.29) is 11.4 Å². The zero-order chi connectivity index (χ0) is 13.0. The summed E-state index contributed by atoms with van der Waals surface area (Å²) in [5, 5.41) is 6.36. The van der Waals surface area contributed by atoms with Crippen LogP contribution in [0.15, 0.2) is 29.2 Å². The zero-order valence-corrected chi connectivity index (χ0v) is 11.8. The summed E-state index contributed by atoms with van der Waals surface area (Å²) in [6.07, 6.45) is 4.88. The van der Waals surface area contributed by atoms with Gasteiger partial charge in [0.05, 0.1) is 5.54 Å². The second-order valence-corrected chi connectivity index (χ2v) is 5.53. The lowest BCUT2D eigenvalue weighted by atomic mass is 9.93. The lowest BCUT2D eigenvalue weighted by Gasteiger charge is -2.26. The Labute approximate surface area is 113 Å². The molecule has 1 unspecified atom stereocenters. The molecule has 0 aliphatic carbocycles. The number of thioether (sulfide) groups is 1. The average Bonchev–Trinajstić information content (AvgIpc) is 2.89. The predicted octanol–water partition coefficient (Wildman–Crippen LogP) is 2.88. The third-order valence-electron chi connectivity index (χ3n) is 3.63. The van der Waals surface area contributed by atoms with E-state index in [1.54, 1.807) is 11.8 Å². The van der Waals surface area contributed by atoms with Crippen LogP contribution in [0.25, 0.3) is 0 Å². The Balaban J connectivity index is 2.05. The van der Waals surface area contributed by atoms with Gasteiger partial charge in [-0.2, -0.15) is 0 Å². The van der Waals surface area contributed by atoms with Gasteiger partial charge in [0.15, 0.2) is 0 Å². The maximum atomic E-state index is 12.3. The van der Waals surface area contributed by atoms with Crippen LogP contribution < -0.4 is 10.6 Å². The summed E-state index contributed by atoms with van der Waals surface area (Å²) in [6.45, 7) is 3.00. The molecule has 18 heavy (non-hydrogen) atoms. The molecule has 0 radical (unpaired) electrons. The van der Waals surface area contributed by atoms with Gasteiger partial charge in [0, 0.05) is 10.6 Å². The van der Waals surface area contributed by atoms with E-state index in [9.17, 15) is 4.79 Å². The molecule has 0 spiro atoms. The predicted molar refractivity (Wildman–Crippen MR) is 77.1 cm³/mol. The Bertz CT molecular complexity index is 410. The molecule has 1 atom stereocenters. The first kappa shape index (κ1) is 13.4. The number of hydrogen-bond acceptors (Lipinski definition) is 3. The van der Waals surface area contributed by atoms with E-state index in [0.717, 1.165) is 31.5 Å². The molecule has 2 N–H and O–H groups in total. The summed E-state index contributed by atoms with van der Waals surface area (Å²) >= 11 is 1.70. The van der Waals surface area contributed by atoms with Crippen molar-refractivity contribution in [3.05, 3.63) is 24.3 Å². The first-order chi connectivity index (χ1) is 8.70. The summed E-state index contributed by atoms with van der Waals surface area (Å²) in [5.41, 5.74) is 0.511. The Kier molecular flexibility index (Phi) is 4.30. The van der Waals surface area contributed by atoms with E-state index >= 15 is 0 Å². The SMILES string of the molecule is CCC1(C(=O)Nc2ccc(SC)cc2)CCCN1. The van der Waals surface area contributed by atoms with Crippen LogP contribution >= 0.6 is 11.8 Å². The van der Waals surface area contributed by atoms with E-state index in [1.807, 2.05) is 30.5 Å². The summed E-state index contributed by atoms with van der Waals surface area (Å²) < 4.78 is 0. The number of hydrogen-bond donors (Lipinski definition) is 2. The molecule has 1 fully saturated rings. The van der Waals surface area contributed by atoms with Crippen molar-refractivity contribution in [1.82, 2.24) is 5.32 Å². The minimum atomic E-state index is -0.363. The van der Waals surface area contributed by atoms with Gasteiger partial charge in [-0.25, -0.2) is 0 Å². The quantitative estimate of drug-likeness (QED) is 0.822. The van der Waals surface area contributed by atoms with Crippen molar-refractivity contribution in [3.63, 3.8) is 0 Å². The lowest BCUT2D eigenvalue weighted by Crippen LogP contribution is -2.50. The molecule has 1 aromatic rings. The fourth-order valence-corrected chi connectivity index (χ4v) is 2.80. The highest BCUT2D eigenvalue weighted by Gasteiger charge is 2.38. The van der Waals surface area contributed by atoms with Crippen LogP contribution in [0.3, 0.4) is 0 Å². The van der Waals surface area contributed by atoms with Gasteiger partial charge >= 0.3 is 0 Å². The standard InChI is InChI=1S/C14H20N2OS/c1-3-14(9-4-10-15-14)13(17)16-11-5-7-12(18-2)8-6-11/h5-8,15H,3-4,9-10H2,1-2H3,(H,16,17). The molecule has 1 saturated heterocycles. The molecular weight excluding hydrogens is 244 g/mol. The molecule has 0 aromatic heterocycles. The molecule has 1 heterocycles. The molecular formula is C14H20N2OS. The van der Waals surface area contributed by atoms with E-state index in [4.69, 9.17) is 0 Å². The molecule has 1 aliphatic rings. The number of carbonyl (C=O) groups excluding carboxylic acids is 1. The normalized spacial score (nSPS) is 23.0. The number of amides is 1. The molecule has 1 aliphatic heterocycles. The minimum Gasteiger partial charge on any atom is -0.324 e. The van der Waals surface area contributed by atoms with Crippen LogP contribution in [-0.4, -0.2) is 24.2 Å². The van der Waals surface area contributed by atoms with Crippen molar-refractivity contribution in [2.24, 2.45) is 0 Å². The van der Waals surface area contributed by atoms with Gasteiger partial charge in [-0.1, -0.05) is 6.92 Å². The fourth-order valence-electron chi connectivity index (χ4n) is 2.39. The monoisotopic (exact) mass is 264 g/mol. The zero-order valence-electron chi connectivity index (χ0n) is 11.0. The minimum absolute atomic E-state index is 0.0967. The van der Waals surface area contributed by atoms with E-state index < -0.39 is 0 Å². The van der Waals surface area contributed by atoms with Crippen LogP contribution in [0.2, 0.25) is 0 Å². The third-order valence-corrected chi connectivity index (χ3v) is 4.37. The van der Waals surface area contributed by atoms with Crippen molar-refractivity contribution < 1.29 is 4.79 Å². The summed E-state index contributed by atoms with van der Waals surface area (Å²) in [6, 6.07) is 7.98. The lowest BCUT2D eigenvalue weighted by molar-refractivity contribution is -0.122. The van der Waals surface area contributed by atoms with Crippen LogP contribution in [-0.2, 0) is 4.79 Å². The first-order valence-electron chi connectivity index (χ1n) is 6.41. The topological polar surface area (TPSA) is 41.1 Å². The van der Waals surface area contributed by atoms with E-state index in [0.29, 0.717) is 0 Å². The second-order valence-electron chi connectivity index (χ2n) is 4.65. The average molecular weight is 264 g/mol. The summed E-state index contributed by atoms with van der Waals surface area (Å²) in [4.78, 5) is 13.5. The highest BCUT2D eigenvalue weighted by molar-refractivity contribution is 7.98. The number of carbonyl (C=O) groups is 1. The van der Waals surface area contributed by atoms with Gasteiger partial charge in [0.1, 0.15) is 0 Å². The largest absolute Gasteiger partial charge is 0.324 e. The van der Waals surface area contributed by atoms with E-state index in [1.165, 1.54) is 4.90 Å². The Morgan fingerprint density at radius 3 is 2.67 bits per heavy atom.